The highest BCUT2D eigenvalue weighted by Gasteiger charge is 2.29. The summed E-state index contributed by atoms with van der Waals surface area (Å²) < 4.78 is 18.8. The van der Waals surface area contributed by atoms with Gasteiger partial charge < -0.3 is 15.2 Å². The van der Waals surface area contributed by atoms with Crippen LogP contribution in [0.5, 0.6) is 0 Å². The molecule has 1 saturated carbocycles. The van der Waals surface area contributed by atoms with Crippen LogP contribution in [-0.2, 0) is 4.79 Å². The Hall–Kier alpha value is -2.44. The number of aromatic nitrogens is 2. The van der Waals surface area contributed by atoms with E-state index in [1.165, 1.54) is 12.8 Å². The van der Waals surface area contributed by atoms with E-state index < -0.39 is 12.2 Å². The third-order valence-corrected chi connectivity index (χ3v) is 5.55. The summed E-state index contributed by atoms with van der Waals surface area (Å²) in [5.74, 6) is 1.63. The third-order valence-electron chi connectivity index (χ3n) is 5.55. The molecule has 7 heteroatoms. The predicted octanol–water partition coefficient (Wildman–Crippen LogP) is 3.59. The van der Waals surface area contributed by atoms with Gasteiger partial charge in [0.2, 0.25) is 11.8 Å². The minimum absolute atomic E-state index is 0.140. The minimum atomic E-state index is -0.905. The van der Waals surface area contributed by atoms with Crippen LogP contribution in [-0.4, -0.2) is 28.3 Å². The van der Waals surface area contributed by atoms with E-state index in [0.717, 1.165) is 42.9 Å². The fourth-order valence-corrected chi connectivity index (χ4v) is 3.77. The molecule has 6 nitrogen and oxygen atoms in total. The molecule has 1 fully saturated rings. The molecule has 4 rings (SSSR count). The summed E-state index contributed by atoms with van der Waals surface area (Å²) in [6.45, 7) is 1.74. The lowest BCUT2D eigenvalue weighted by Crippen LogP contribution is -2.45. The largest absolute Gasteiger partial charge is 0.370 e. The Labute approximate surface area is 164 Å². The first-order valence-electron chi connectivity index (χ1n) is 10.2. The van der Waals surface area contributed by atoms with Gasteiger partial charge in [-0.3, -0.25) is 4.79 Å². The Morgan fingerprint density at radius 2 is 2.29 bits per heavy atom. The van der Waals surface area contributed by atoms with Crippen LogP contribution >= 0.6 is 0 Å². The van der Waals surface area contributed by atoms with Crippen molar-refractivity contribution in [2.45, 2.75) is 70.1 Å². The number of alkyl halides is 1. The summed E-state index contributed by atoms with van der Waals surface area (Å²) in [7, 11) is 0. The van der Waals surface area contributed by atoms with E-state index in [0.29, 0.717) is 18.1 Å². The van der Waals surface area contributed by atoms with Gasteiger partial charge in [-0.15, -0.1) is 0 Å². The molecule has 2 unspecified atom stereocenters. The molecule has 0 aromatic carbocycles. The van der Waals surface area contributed by atoms with Crippen LogP contribution in [0, 0.1) is 12.8 Å². The quantitative estimate of drug-likeness (QED) is 0.749. The third kappa shape index (κ3) is 4.69. The Morgan fingerprint density at radius 1 is 1.43 bits per heavy atom. The van der Waals surface area contributed by atoms with E-state index in [2.05, 4.69) is 20.8 Å². The van der Waals surface area contributed by atoms with Crippen LogP contribution in [0.2, 0.25) is 0 Å². The molecular formula is C21H27FN4O2. The molecule has 3 aliphatic rings. The second kappa shape index (κ2) is 8.29. The number of dihydropyridines is 1. The molecule has 1 aromatic rings. The number of halogens is 1. The van der Waals surface area contributed by atoms with E-state index >= 15 is 0 Å². The first kappa shape index (κ1) is 18.9. The highest BCUT2D eigenvalue weighted by Crippen LogP contribution is 2.35. The van der Waals surface area contributed by atoms with Crippen LogP contribution in [0.25, 0.3) is 0 Å². The number of nitrogens with zero attached hydrogens (tertiary/aromatic N) is 2. The molecular weight excluding hydrogens is 359 g/mol. The summed E-state index contributed by atoms with van der Waals surface area (Å²) in [4.78, 5) is 17.2. The number of nitrogens with one attached hydrogen (secondary N) is 2. The van der Waals surface area contributed by atoms with E-state index in [1.807, 2.05) is 18.2 Å². The number of carbonyl (C=O) groups is 1. The molecule has 0 saturated heterocycles. The van der Waals surface area contributed by atoms with Crippen molar-refractivity contribution in [3.63, 3.8) is 0 Å². The van der Waals surface area contributed by atoms with Crippen molar-refractivity contribution in [3.8, 4) is 0 Å². The van der Waals surface area contributed by atoms with Crippen molar-refractivity contribution in [2.75, 3.05) is 0 Å². The van der Waals surface area contributed by atoms with Crippen molar-refractivity contribution in [2.24, 2.45) is 5.92 Å². The lowest BCUT2D eigenvalue weighted by molar-refractivity contribution is -0.122. The maximum absolute atomic E-state index is 13.7. The number of rotatable bonds is 7. The summed E-state index contributed by atoms with van der Waals surface area (Å²) in [5.41, 5.74) is 1.77. The number of amides is 1. The summed E-state index contributed by atoms with van der Waals surface area (Å²) in [5, 5.41) is 10.3. The van der Waals surface area contributed by atoms with Gasteiger partial charge in [0.15, 0.2) is 5.82 Å². The fourth-order valence-electron chi connectivity index (χ4n) is 3.77. The van der Waals surface area contributed by atoms with Gasteiger partial charge in [0, 0.05) is 12.6 Å². The SMILES string of the molecule is Cc1nc([C@H](CCC2CC2)NC(=O)C2C=CC=C(C3=CC(F)CCC3)N2)no1. The topological polar surface area (TPSA) is 80.0 Å². The van der Waals surface area contributed by atoms with Crippen molar-refractivity contribution in [3.05, 3.63) is 47.3 Å². The van der Waals surface area contributed by atoms with Gasteiger partial charge in [0.05, 0.1) is 6.04 Å². The zero-order valence-electron chi connectivity index (χ0n) is 16.2. The van der Waals surface area contributed by atoms with E-state index in [1.54, 1.807) is 13.0 Å². The number of allylic oxidation sites excluding steroid dienone is 4. The summed E-state index contributed by atoms with van der Waals surface area (Å²) in [6.07, 6.45) is 12.9. The van der Waals surface area contributed by atoms with Gasteiger partial charge in [-0.2, -0.15) is 4.98 Å². The Kier molecular flexibility index (Phi) is 5.59. The molecule has 1 aromatic heterocycles. The molecule has 2 N–H and O–H groups in total. The van der Waals surface area contributed by atoms with E-state index in [-0.39, 0.29) is 11.9 Å². The van der Waals surface area contributed by atoms with Crippen molar-refractivity contribution >= 4 is 5.91 Å². The van der Waals surface area contributed by atoms with Gasteiger partial charge >= 0.3 is 0 Å². The number of hydrogen-bond donors (Lipinski definition) is 2. The Morgan fingerprint density at radius 3 is 3.00 bits per heavy atom. The predicted molar refractivity (Wildman–Crippen MR) is 103 cm³/mol. The number of aryl methyl sites for hydroxylation is 1. The van der Waals surface area contributed by atoms with Gasteiger partial charge in [-0.25, -0.2) is 4.39 Å². The molecule has 28 heavy (non-hydrogen) atoms. The monoisotopic (exact) mass is 386 g/mol. The van der Waals surface area contributed by atoms with Crippen molar-refractivity contribution in [1.82, 2.24) is 20.8 Å². The Bertz CT molecular complexity index is 809. The number of carbonyl (C=O) groups excluding carboxylic acids is 1. The summed E-state index contributed by atoms with van der Waals surface area (Å²) >= 11 is 0. The van der Waals surface area contributed by atoms with E-state index in [9.17, 15) is 9.18 Å². The van der Waals surface area contributed by atoms with Crippen LogP contribution in [0.4, 0.5) is 4.39 Å². The molecule has 0 spiro atoms. The lowest BCUT2D eigenvalue weighted by atomic mass is 9.94. The second-order valence-corrected chi connectivity index (χ2v) is 7.94. The van der Waals surface area contributed by atoms with Crippen LogP contribution < -0.4 is 10.6 Å². The number of hydrogen-bond acceptors (Lipinski definition) is 5. The first-order chi connectivity index (χ1) is 13.6. The first-order valence-corrected chi connectivity index (χ1v) is 10.2. The van der Waals surface area contributed by atoms with Crippen LogP contribution in [0.15, 0.2) is 40.1 Å². The van der Waals surface area contributed by atoms with Gasteiger partial charge in [-0.05, 0) is 55.7 Å². The van der Waals surface area contributed by atoms with Crippen LogP contribution in [0.1, 0.15) is 62.7 Å². The normalized spacial score (nSPS) is 25.5. The van der Waals surface area contributed by atoms with Gasteiger partial charge in [0.1, 0.15) is 12.2 Å². The molecule has 0 radical (unpaired) electrons. The maximum atomic E-state index is 13.7. The molecule has 3 atom stereocenters. The van der Waals surface area contributed by atoms with E-state index in [4.69, 9.17) is 4.52 Å². The smallest absolute Gasteiger partial charge is 0.247 e. The van der Waals surface area contributed by atoms with Crippen LogP contribution in [0.3, 0.4) is 0 Å². The molecule has 1 amide bonds. The van der Waals surface area contributed by atoms with Gasteiger partial charge in [-0.1, -0.05) is 30.2 Å². The standard InChI is InChI=1S/C21H27FN4O2/c1-13-23-20(26-28-13)18(11-10-14-8-9-14)25-21(27)19-7-3-6-17(24-19)15-4-2-5-16(22)12-15/h3,6-7,12,14,16,18-19,24H,2,4-5,8-11H2,1H3,(H,25,27)/t16?,18-,19?/m0/s1. The fraction of sp³-hybridized carbons (Fsp3) is 0.571. The Balaban J connectivity index is 1.41. The van der Waals surface area contributed by atoms with Crippen molar-refractivity contribution < 1.29 is 13.7 Å². The lowest BCUT2D eigenvalue weighted by Gasteiger charge is -2.26. The van der Waals surface area contributed by atoms with Gasteiger partial charge in [0.25, 0.3) is 0 Å². The minimum Gasteiger partial charge on any atom is -0.370 e. The average molecular weight is 386 g/mol. The molecule has 0 bridgehead atoms. The molecule has 2 heterocycles. The van der Waals surface area contributed by atoms with Crippen molar-refractivity contribution in [1.29, 1.82) is 0 Å². The molecule has 1 aliphatic heterocycles. The average Bonchev–Trinajstić information content (AvgIpc) is 3.43. The second-order valence-electron chi connectivity index (χ2n) is 7.94. The maximum Gasteiger partial charge on any atom is 0.247 e. The zero-order chi connectivity index (χ0) is 19.5. The summed E-state index contributed by atoms with van der Waals surface area (Å²) in [6, 6.07) is -0.767. The molecule has 150 valence electrons. The zero-order valence-corrected chi connectivity index (χ0v) is 16.2. The highest BCUT2D eigenvalue weighted by molar-refractivity contribution is 5.85. The molecule has 2 aliphatic carbocycles. The highest BCUT2D eigenvalue weighted by atomic mass is 19.1.